The molecule has 0 aromatic rings. The molecule has 2 N–H and O–H groups in total. The van der Waals surface area contributed by atoms with Gasteiger partial charge in [0, 0.05) is 6.42 Å². The van der Waals surface area contributed by atoms with E-state index in [1.54, 1.807) is 19.1 Å². The number of hydrogen-bond acceptors (Lipinski definition) is 3. The van der Waals surface area contributed by atoms with E-state index in [2.05, 4.69) is 27.4 Å². The molecule has 130 valence electrons. The van der Waals surface area contributed by atoms with Crippen LogP contribution in [0.15, 0.2) is 24.3 Å². The maximum atomic E-state index is 12.2. The van der Waals surface area contributed by atoms with E-state index in [9.17, 15) is 15.0 Å². The van der Waals surface area contributed by atoms with Gasteiger partial charge in [0.05, 0.1) is 11.7 Å². The van der Waals surface area contributed by atoms with E-state index in [0.717, 1.165) is 12.0 Å². The lowest BCUT2D eigenvalue weighted by molar-refractivity contribution is -0.138. The van der Waals surface area contributed by atoms with Gasteiger partial charge in [-0.2, -0.15) is 0 Å². The van der Waals surface area contributed by atoms with Crippen LogP contribution in [0.2, 0.25) is 0 Å². The van der Waals surface area contributed by atoms with Crippen LogP contribution in [-0.4, -0.2) is 27.7 Å². The Hall–Kier alpha value is -0.930. The molecular weight excluding hydrogens is 288 g/mol. The van der Waals surface area contributed by atoms with Crippen molar-refractivity contribution >= 4 is 5.78 Å². The number of allylic oxidation sites excluding steroid dienone is 2. The predicted molar refractivity (Wildman–Crippen MR) is 92.9 cm³/mol. The van der Waals surface area contributed by atoms with E-state index in [0.29, 0.717) is 19.3 Å². The molecule has 2 aliphatic rings. The Morgan fingerprint density at radius 1 is 1.48 bits per heavy atom. The van der Waals surface area contributed by atoms with Crippen molar-refractivity contribution in [2.45, 2.75) is 72.0 Å². The molecule has 2 rings (SSSR count). The first-order chi connectivity index (χ1) is 10.5. The summed E-state index contributed by atoms with van der Waals surface area (Å²) in [7, 11) is 0. The Labute approximate surface area is 140 Å². The fraction of sp³-hybridized carbons (Fsp3) is 0.750. The van der Waals surface area contributed by atoms with E-state index < -0.39 is 5.60 Å². The second kappa shape index (κ2) is 5.86. The topological polar surface area (TPSA) is 57.5 Å². The number of ketones is 1. The molecule has 2 aliphatic carbocycles. The standard InChI is InChI=1S/C20H32O3/c1-7-18(4,23)8-9-19(5)14(3)16(22)12-20(6)13(2)10-15(21)11-17(19)20/h7,10,14,16-17,22-23H,1,8-9,11-12H2,2-6H3/t14-,16+,17-,18-,19+,20+/m1/s1. The van der Waals surface area contributed by atoms with Gasteiger partial charge in [0.2, 0.25) is 0 Å². The third kappa shape index (κ3) is 3.06. The van der Waals surface area contributed by atoms with Crippen LogP contribution >= 0.6 is 0 Å². The number of aliphatic hydroxyl groups excluding tert-OH is 1. The summed E-state index contributed by atoms with van der Waals surface area (Å²) in [4.78, 5) is 12.2. The minimum Gasteiger partial charge on any atom is -0.393 e. The van der Waals surface area contributed by atoms with Gasteiger partial charge in [0.1, 0.15) is 0 Å². The highest BCUT2D eigenvalue weighted by atomic mass is 16.3. The highest BCUT2D eigenvalue weighted by molar-refractivity contribution is 5.92. The van der Waals surface area contributed by atoms with Crippen LogP contribution in [0.3, 0.4) is 0 Å². The Kier molecular flexibility index (Phi) is 4.69. The van der Waals surface area contributed by atoms with Crippen molar-refractivity contribution in [1.29, 1.82) is 0 Å². The highest BCUT2D eigenvalue weighted by Gasteiger charge is 2.57. The molecule has 3 heteroatoms. The molecule has 0 spiro atoms. The van der Waals surface area contributed by atoms with Gasteiger partial charge in [-0.3, -0.25) is 4.79 Å². The summed E-state index contributed by atoms with van der Waals surface area (Å²) in [6, 6.07) is 0. The minimum absolute atomic E-state index is 0.0971. The van der Waals surface area contributed by atoms with Crippen LogP contribution < -0.4 is 0 Å². The van der Waals surface area contributed by atoms with Crippen LogP contribution in [0.4, 0.5) is 0 Å². The molecule has 23 heavy (non-hydrogen) atoms. The molecule has 0 aromatic carbocycles. The highest BCUT2D eigenvalue weighted by Crippen LogP contribution is 2.61. The predicted octanol–water partition coefficient (Wildman–Crippen LogP) is 3.65. The molecule has 6 atom stereocenters. The summed E-state index contributed by atoms with van der Waals surface area (Å²) < 4.78 is 0. The lowest BCUT2D eigenvalue weighted by atomic mass is 9.46. The number of carbonyl (C=O) groups is 1. The average molecular weight is 320 g/mol. The van der Waals surface area contributed by atoms with Gasteiger partial charge in [0.25, 0.3) is 0 Å². The van der Waals surface area contributed by atoms with Crippen LogP contribution in [0.25, 0.3) is 0 Å². The molecule has 0 heterocycles. The van der Waals surface area contributed by atoms with Crippen molar-refractivity contribution < 1.29 is 15.0 Å². The molecule has 0 aromatic heterocycles. The van der Waals surface area contributed by atoms with Gasteiger partial charge in [-0.05, 0) is 61.9 Å². The van der Waals surface area contributed by atoms with E-state index in [1.807, 2.05) is 6.92 Å². The number of carbonyl (C=O) groups excluding carboxylic acids is 1. The molecule has 1 fully saturated rings. The summed E-state index contributed by atoms with van der Waals surface area (Å²) in [5.41, 5.74) is -0.156. The summed E-state index contributed by atoms with van der Waals surface area (Å²) in [6.45, 7) is 14.0. The summed E-state index contributed by atoms with van der Waals surface area (Å²) >= 11 is 0. The monoisotopic (exact) mass is 320 g/mol. The van der Waals surface area contributed by atoms with Crippen LogP contribution in [0.5, 0.6) is 0 Å². The third-order valence-electron chi connectivity index (χ3n) is 7.11. The van der Waals surface area contributed by atoms with Crippen molar-refractivity contribution in [3.05, 3.63) is 24.3 Å². The fourth-order valence-electron chi connectivity index (χ4n) is 4.83. The fourth-order valence-corrected chi connectivity index (χ4v) is 4.83. The van der Waals surface area contributed by atoms with E-state index in [-0.39, 0.29) is 34.6 Å². The second-order valence-electron chi connectivity index (χ2n) is 8.60. The number of rotatable bonds is 4. The summed E-state index contributed by atoms with van der Waals surface area (Å²) in [5.74, 6) is 0.488. The Balaban J connectivity index is 2.40. The molecular formula is C20H32O3. The minimum atomic E-state index is -0.912. The summed E-state index contributed by atoms with van der Waals surface area (Å²) in [6.07, 6.45) is 5.57. The van der Waals surface area contributed by atoms with E-state index in [4.69, 9.17) is 0 Å². The molecule has 1 saturated carbocycles. The zero-order chi connectivity index (χ0) is 17.6. The van der Waals surface area contributed by atoms with Gasteiger partial charge in [-0.25, -0.2) is 0 Å². The quantitative estimate of drug-likeness (QED) is 0.777. The van der Waals surface area contributed by atoms with Gasteiger partial charge in [0.15, 0.2) is 5.78 Å². The Bertz CT molecular complexity index is 533. The maximum absolute atomic E-state index is 12.2. The number of hydrogen-bond donors (Lipinski definition) is 2. The SMILES string of the molecule is C=C[C@@](C)(O)CC[C@@]1(C)[C@H](C)[C@@H](O)C[C@@]2(C)C(C)=CC(=O)C[C@H]12. The maximum Gasteiger partial charge on any atom is 0.155 e. The van der Waals surface area contributed by atoms with Crippen molar-refractivity contribution in [3.8, 4) is 0 Å². The molecule has 0 aliphatic heterocycles. The Morgan fingerprint density at radius 2 is 2.09 bits per heavy atom. The second-order valence-corrected chi connectivity index (χ2v) is 8.60. The largest absolute Gasteiger partial charge is 0.393 e. The van der Waals surface area contributed by atoms with Gasteiger partial charge in [-0.1, -0.05) is 32.4 Å². The van der Waals surface area contributed by atoms with Gasteiger partial charge < -0.3 is 10.2 Å². The van der Waals surface area contributed by atoms with Crippen molar-refractivity contribution in [1.82, 2.24) is 0 Å². The summed E-state index contributed by atoms with van der Waals surface area (Å²) in [5, 5.41) is 21.0. The average Bonchev–Trinajstić information content (AvgIpc) is 2.47. The first kappa shape index (κ1) is 18.4. The van der Waals surface area contributed by atoms with Gasteiger partial charge >= 0.3 is 0 Å². The molecule has 0 amide bonds. The van der Waals surface area contributed by atoms with Crippen molar-refractivity contribution in [3.63, 3.8) is 0 Å². The smallest absolute Gasteiger partial charge is 0.155 e. The number of aliphatic hydroxyl groups is 2. The van der Waals surface area contributed by atoms with Gasteiger partial charge in [-0.15, -0.1) is 6.58 Å². The Morgan fingerprint density at radius 3 is 2.65 bits per heavy atom. The van der Waals surface area contributed by atoms with Crippen LogP contribution in [0.1, 0.15) is 60.3 Å². The first-order valence-electron chi connectivity index (χ1n) is 8.72. The zero-order valence-electron chi connectivity index (χ0n) is 15.2. The molecule has 0 bridgehead atoms. The lowest BCUT2D eigenvalue weighted by Crippen LogP contribution is -2.56. The van der Waals surface area contributed by atoms with Crippen LogP contribution in [0, 0.1) is 22.7 Å². The molecule has 0 saturated heterocycles. The zero-order valence-corrected chi connectivity index (χ0v) is 15.2. The van der Waals surface area contributed by atoms with E-state index >= 15 is 0 Å². The van der Waals surface area contributed by atoms with Crippen molar-refractivity contribution in [2.24, 2.45) is 22.7 Å². The van der Waals surface area contributed by atoms with E-state index in [1.165, 1.54) is 0 Å². The van der Waals surface area contributed by atoms with Crippen molar-refractivity contribution in [2.75, 3.05) is 0 Å². The lowest BCUT2D eigenvalue weighted by Gasteiger charge is -2.59. The third-order valence-corrected chi connectivity index (χ3v) is 7.11. The normalized spacial score (nSPS) is 43.3. The molecule has 0 unspecified atom stereocenters. The number of fused-ring (bicyclic) bond motifs is 1. The molecule has 0 radical (unpaired) electrons. The first-order valence-corrected chi connectivity index (χ1v) is 8.72. The molecule has 3 nitrogen and oxygen atoms in total. The van der Waals surface area contributed by atoms with Crippen LogP contribution in [-0.2, 0) is 4.79 Å².